The topological polar surface area (TPSA) is 82.1 Å². The minimum atomic E-state index is -1.03. The minimum absolute atomic E-state index is 0.543. The Morgan fingerprint density at radius 1 is 1.20 bits per heavy atom. The lowest BCUT2D eigenvalue weighted by Crippen LogP contribution is -2.37. The molecule has 1 aliphatic rings. The maximum Gasteiger partial charge on any atom is 0.305 e. The van der Waals surface area contributed by atoms with Crippen LogP contribution in [-0.4, -0.2) is 41.6 Å². The van der Waals surface area contributed by atoms with Gasteiger partial charge in [-0.15, -0.1) is 0 Å². The van der Waals surface area contributed by atoms with Crippen LogP contribution in [0.15, 0.2) is 0 Å². The number of aliphatic hydroxyl groups is 1. The van der Waals surface area contributed by atoms with E-state index in [-0.39, 0.29) is 0 Å². The third-order valence-corrected chi connectivity index (χ3v) is 2.02. The van der Waals surface area contributed by atoms with Crippen molar-refractivity contribution < 1.29 is 28.9 Å². The van der Waals surface area contributed by atoms with Crippen molar-refractivity contribution in [3.63, 3.8) is 0 Å². The molecule has 1 heterocycles. The smallest absolute Gasteiger partial charge is 0.305 e. The second kappa shape index (κ2) is 4.59. The first-order valence-corrected chi connectivity index (χ1v) is 4.59. The van der Waals surface area contributed by atoms with Crippen molar-refractivity contribution >= 4 is 11.9 Å². The van der Waals surface area contributed by atoms with Gasteiger partial charge in [0, 0.05) is 13.8 Å². The summed E-state index contributed by atoms with van der Waals surface area (Å²) in [6, 6.07) is 0. The van der Waals surface area contributed by atoms with Crippen LogP contribution in [0.25, 0.3) is 0 Å². The van der Waals surface area contributed by atoms with E-state index >= 15 is 0 Å². The maximum atomic E-state index is 10.8. The fraction of sp³-hybridized carbons (Fsp3) is 0.778. The van der Waals surface area contributed by atoms with Crippen LogP contribution in [0.4, 0.5) is 0 Å². The number of carbonyl (C=O) groups excluding carboxylic acids is 2. The number of hydrogen-bond donors (Lipinski definition) is 1. The Kier molecular flexibility index (Phi) is 3.65. The molecule has 0 aromatic carbocycles. The number of aliphatic hydroxyl groups excluding tert-OH is 1. The van der Waals surface area contributed by atoms with Crippen LogP contribution in [0.2, 0.25) is 0 Å². The van der Waals surface area contributed by atoms with Crippen LogP contribution < -0.4 is 0 Å². The lowest BCUT2D eigenvalue weighted by molar-refractivity contribution is -0.194. The van der Waals surface area contributed by atoms with Crippen molar-refractivity contribution in [3.8, 4) is 0 Å². The quantitative estimate of drug-likeness (QED) is 0.634. The van der Waals surface area contributed by atoms with Crippen molar-refractivity contribution in [1.29, 1.82) is 0 Å². The second-order valence-electron chi connectivity index (χ2n) is 3.38. The van der Waals surface area contributed by atoms with Gasteiger partial charge in [0.1, 0.15) is 6.10 Å². The van der Waals surface area contributed by atoms with Crippen molar-refractivity contribution in [3.05, 3.63) is 0 Å². The van der Waals surface area contributed by atoms with Gasteiger partial charge in [0.05, 0.1) is 6.10 Å². The highest BCUT2D eigenvalue weighted by molar-refractivity contribution is 5.67. The summed E-state index contributed by atoms with van der Waals surface area (Å²) >= 11 is 0. The van der Waals surface area contributed by atoms with E-state index in [9.17, 15) is 14.7 Å². The van der Waals surface area contributed by atoms with E-state index in [0.29, 0.717) is 0 Å². The van der Waals surface area contributed by atoms with Gasteiger partial charge in [-0.1, -0.05) is 0 Å². The Labute approximate surface area is 87.1 Å². The van der Waals surface area contributed by atoms with Gasteiger partial charge < -0.3 is 19.3 Å². The maximum absolute atomic E-state index is 10.8. The van der Waals surface area contributed by atoms with E-state index in [2.05, 4.69) is 0 Å². The number of rotatable bonds is 2. The summed E-state index contributed by atoms with van der Waals surface area (Å²) in [4.78, 5) is 21.5. The Morgan fingerprint density at radius 2 is 1.73 bits per heavy atom. The second-order valence-corrected chi connectivity index (χ2v) is 3.38. The van der Waals surface area contributed by atoms with Gasteiger partial charge in [-0.25, -0.2) is 0 Å². The first-order valence-electron chi connectivity index (χ1n) is 4.59. The number of esters is 2. The van der Waals surface area contributed by atoms with E-state index in [0.717, 1.165) is 0 Å². The third-order valence-electron chi connectivity index (χ3n) is 2.02. The van der Waals surface area contributed by atoms with Crippen LogP contribution in [0, 0.1) is 0 Å². The van der Waals surface area contributed by atoms with Gasteiger partial charge in [0.15, 0.2) is 6.10 Å². The zero-order valence-corrected chi connectivity index (χ0v) is 8.80. The van der Waals surface area contributed by atoms with Crippen LogP contribution in [0.5, 0.6) is 0 Å². The SMILES string of the molecule is CC(=O)O[C@@H]1O[C@H](C)[C@@H](O)[C@H]1OC(C)=O. The molecule has 6 heteroatoms. The average molecular weight is 218 g/mol. The monoisotopic (exact) mass is 218 g/mol. The van der Waals surface area contributed by atoms with Crippen LogP contribution in [0.3, 0.4) is 0 Å². The van der Waals surface area contributed by atoms with E-state index < -0.39 is 36.5 Å². The summed E-state index contributed by atoms with van der Waals surface area (Å²) < 4.78 is 14.7. The number of carbonyl (C=O) groups is 2. The van der Waals surface area contributed by atoms with Gasteiger partial charge >= 0.3 is 11.9 Å². The molecule has 0 spiro atoms. The van der Waals surface area contributed by atoms with E-state index in [1.54, 1.807) is 6.92 Å². The standard InChI is InChI=1S/C9H14O6/c1-4-7(12)8(14-5(2)10)9(13-4)15-6(3)11/h4,7-9,12H,1-3H3/t4-,7-,8-,9+/m1/s1. The summed E-state index contributed by atoms with van der Waals surface area (Å²) in [7, 11) is 0. The molecule has 0 unspecified atom stereocenters. The molecular formula is C9H14O6. The fourth-order valence-electron chi connectivity index (χ4n) is 1.37. The highest BCUT2D eigenvalue weighted by Crippen LogP contribution is 2.24. The molecule has 0 amide bonds. The highest BCUT2D eigenvalue weighted by Gasteiger charge is 2.45. The van der Waals surface area contributed by atoms with Gasteiger partial charge in [-0.05, 0) is 6.92 Å². The molecule has 4 atom stereocenters. The lowest BCUT2D eigenvalue weighted by atomic mass is 10.1. The highest BCUT2D eigenvalue weighted by atomic mass is 16.7. The first-order chi connectivity index (χ1) is 6.91. The zero-order chi connectivity index (χ0) is 11.6. The summed E-state index contributed by atoms with van der Waals surface area (Å²) in [5, 5.41) is 9.60. The molecule has 0 aliphatic carbocycles. The number of ether oxygens (including phenoxy) is 3. The molecule has 0 aromatic heterocycles. The van der Waals surface area contributed by atoms with Gasteiger partial charge in [-0.2, -0.15) is 0 Å². The van der Waals surface area contributed by atoms with Crippen molar-refractivity contribution in [2.45, 2.75) is 45.4 Å². The molecule has 1 rings (SSSR count). The summed E-state index contributed by atoms with van der Waals surface area (Å²) in [6.07, 6.45) is -3.52. The minimum Gasteiger partial charge on any atom is -0.453 e. The fourth-order valence-corrected chi connectivity index (χ4v) is 1.37. The molecule has 0 bridgehead atoms. The first kappa shape index (κ1) is 11.9. The van der Waals surface area contributed by atoms with E-state index in [4.69, 9.17) is 14.2 Å². The molecule has 0 aromatic rings. The predicted molar refractivity (Wildman–Crippen MR) is 47.7 cm³/mol. The Bertz CT molecular complexity index is 263. The molecular weight excluding hydrogens is 204 g/mol. The Balaban J connectivity index is 2.68. The third kappa shape index (κ3) is 2.90. The zero-order valence-electron chi connectivity index (χ0n) is 8.80. The van der Waals surface area contributed by atoms with Gasteiger partial charge in [0.2, 0.25) is 6.29 Å². The van der Waals surface area contributed by atoms with Gasteiger partial charge in [0.25, 0.3) is 0 Å². The van der Waals surface area contributed by atoms with Crippen LogP contribution >= 0.6 is 0 Å². The average Bonchev–Trinajstić information content (AvgIpc) is 2.31. The molecule has 1 aliphatic heterocycles. The van der Waals surface area contributed by atoms with Crippen LogP contribution in [0.1, 0.15) is 20.8 Å². The molecule has 15 heavy (non-hydrogen) atoms. The largest absolute Gasteiger partial charge is 0.453 e. The molecule has 86 valence electrons. The predicted octanol–water partition coefficient (Wildman–Crippen LogP) is -0.413. The van der Waals surface area contributed by atoms with Gasteiger partial charge in [-0.3, -0.25) is 9.59 Å². The summed E-state index contributed by atoms with van der Waals surface area (Å²) in [6.45, 7) is 4.02. The lowest BCUT2D eigenvalue weighted by Gasteiger charge is -2.19. The molecule has 0 radical (unpaired) electrons. The normalized spacial score (nSPS) is 34.9. The Morgan fingerprint density at radius 3 is 2.20 bits per heavy atom. The van der Waals surface area contributed by atoms with E-state index in [1.165, 1.54) is 13.8 Å². The number of hydrogen-bond acceptors (Lipinski definition) is 6. The van der Waals surface area contributed by atoms with E-state index in [1.807, 2.05) is 0 Å². The Hall–Kier alpha value is -1.14. The van der Waals surface area contributed by atoms with Crippen LogP contribution in [-0.2, 0) is 23.8 Å². The molecule has 1 saturated heterocycles. The summed E-state index contributed by atoms with van der Waals surface area (Å²) in [5.74, 6) is -1.12. The molecule has 1 N–H and O–H groups in total. The molecule has 1 fully saturated rings. The summed E-state index contributed by atoms with van der Waals surface area (Å²) in [5.41, 5.74) is 0. The molecule has 0 saturated carbocycles. The van der Waals surface area contributed by atoms with Crippen molar-refractivity contribution in [2.24, 2.45) is 0 Å². The van der Waals surface area contributed by atoms with Crippen molar-refractivity contribution in [2.75, 3.05) is 0 Å². The van der Waals surface area contributed by atoms with Crippen molar-refractivity contribution in [1.82, 2.24) is 0 Å². The molecule has 6 nitrogen and oxygen atoms in total.